The highest BCUT2D eigenvalue weighted by molar-refractivity contribution is 5.94. The predicted molar refractivity (Wildman–Crippen MR) is 64.0 cm³/mol. The second kappa shape index (κ2) is 5.40. The Morgan fingerprint density at radius 3 is 2.44 bits per heavy atom. The lowest BCUT2D eigenvalue weighted by atomic mass is 10.2. The number of hydrogen-bond donors (Lipinski definition) is 1. The average Bonchev–Trinajstić information content (AvgIpc) is 2.37. The van der Waals surface area contributed by atoms with E-state index in [9.17, 15) is 13.6 Å². The number of amides is 1. The van der Waals surface area contributed by atoms with Crippen LogP contribution in [0.5, 0.6) is 0 Å². The van der Waals surface area contributed by atoms with E-state index in [-0.39, 0.29) is 5.56 Å². The lowest BCUT2D eigenvalue weighted by Crippen LogP contribution is -2.23. The van der Waals surface area contributed by atoms with Crippen LogP contribution in [0.1, 0.15) is 15.9 Å². The quantitative estimate of drug-likeness (QED) is 0.887. The summed E-state index contributed by atoms with van der Waals surface area (Å²) in [4.78, 5) is 11.7. The lowest BCUT2D eigenvalue weighted by Gasteiger charge is -2.06. The monoisotopic (exact) mass is 247 g/mol. The van der Waals surface area contributed by atoms with Crippen molar-refractivity contribution in [1.82, 2.24) is 5.32 Å². The fraction of sp³-hybridized carbons (Fsp3) is 0.0714. The van der Waals surface area contributed by atoms with E-state index in [1.165, 1.54) is 0 Å². The maximum absolute atomic E-state index is 13.3. The van der Waals surface area contributed by atoms with Gasteiger partial charge in [-0.1, -0.05) is 30.3 Å². The number of carbonyl (C=O) groups excluding carboxylic acids is 1. The molecule has 4 heteroatoms. The Bertz CT molecular complexity index is 555. The molecule has 0 heterocycles. The zero-order valence-electron chi connectivity index (χ0n) is 9.49. The van der Waals surface area contributed by atoms with Crippen LogP contribution in [0.4, 0.5) is 8.78 Å². The summed E-state index contributed by atoms with van der Waals surface area (Å²) in [6, 6.07) is 12.1. The number of rotatable bonds is 3. The van der Waals surface area contributed by atoms with Crippen molar-refractivity contribution < 1.29 is 13.6 Å². The fourth-order valence-corrected chi connectivity index (χ4v) is 1.55. The zero-order chi connectivity index (χ0) is 13.0. The van der Waals surface area contributed by atoms with Crippen LogP contribution in [-0.4, -0.2) is 5.91 Å². The number of carbonyl (C=O) groups is 1. The van der Waals surface area contributed by atoms with Gasteiger partial charge in [-0.25, -0.2) is 8.78 Å². The summed E-state index contributed by atoms with van der Waals surface area (Å²) in [5.74, 6) is -2.12. The van der Waals surface area contributed by atoms with E-state index >= 15 is 0 Å². The van der Waals surface area contributed by atoms with Crippen molar-refractivity contribution in [2.75, 3.05) is 0 Å². The van der Waals surface area contributed by atoms with Gasteiger partial charge in [-0.2, -0.15) is 0 Å². The van der Waals surface area contributed by atoms with Gasteiger partial charge in [-0.05, 0) is 17.7 Å². The van der Waals surface area contributed by atoms with E-state index < -0.39 is 17.5 Å². The molecule has 0 unspecified atom stereocenters. The molecule has 2 aromatic rings. The highest BCUT2D eigenvalue weighted by Gasteiger charge is 2.11. The first kappa shape index (κ1) is 12.2. The van der Waals surface area contributed by atoms with Crippen molar-refractivity contribution in [2.45, 2.75) is 6.54 Å². The molecule has 2 aromatic carbocycles. The van der Waals surface area contributed by atoms with Gasteiger partial charge >= 0.3 is 0 Å². The van der Waals surface area contributed by atoms with Gasteiger partial charge < -0.3 is 5.32 Å². The Hall–Kier alpha value is -2.23. The zero-order valence-corrected chi connectivity index (χ0v) is 9.49. The molecule has 0 spiro atoms. The summed E-state index contributed by atoms with van der Waals surface area (Å²) in [6.45, 7) is 0.302. The molecule has 0 aromatic heterocycles. The Balaban J connectivity index is 2.04. The molecule has 0 aliphatic heterocycles. The van der Waals surface area contributed by atoms with E-state index in [0.29, 0.717) is 12.6 Å². The SMILES string of the molecule is O=C(NCc1ccccc1)c1ccc(F)cc1F. The smallest absolute Gasteiger partial charge is 0.254 e. The van der Waals surface area contributed by atoms with Crippen LogP contribution >= 0.6 is 0 Å². The van der Waals surface area contributed by atoms with Crippen LogP contribution < -0.4 is 5.32 Å². The number of hydrogen-bond acceptors (Lipinski definition) is 1. The highest BCUT2D eigenvalue weighted by Crippen LogP contribution is 2.09. The minimum absolute atomic E-state index is 0.160. The molecule has 2 rings (SSSR count). The summed E-state index contributed by atoms with van der Waals surface area (Å²) < 4.78 is 26.0. The third-order valence-corrected chi connectivity index (χ3v) is 2.47. The molecule has 0 fully saturated rings. The van der Waals surface area contributed by atoms with Gasteiger partial charge in [-0.3, -0.25) is 4.79 Å². The summed E-state index contributed by atoms with van der Waals surface area (Å²) in [6.07, 6.45) is 0. The molecule has 0 saturated heterocycles. The molecule has 0 atom stereocenters. The molecule has 0 radical (unpaired) electrons. The minimum atomic E-state index is -0.861. The van der Waals surface area contributed by atoms with E-state index in [0.717, 1.165) is 17.7 Å². The fourth-order valence-electron chi connectivity index (χ4n) is 1.55. The summed E-state index contributed by atoms with van der Waals surface area (Å²) >= 11 is 0. The molecule has 0 aliphatic rings. The molecule has 2 nitrogen and oxygen atoms in total. The lowest BCUT2D eigenvalue weighted by molar-refractivity contribution is 0.0947. The molecule has 0 aliphatic carbocycles. The van der Waals surface area contributed by atoms with Crippen molar-refractivity contribution in [3.8, 4) is 0 Å². The van der Waals surface area contributed by atoms with Crippen molar-refractivity contribution in [3.63, 3.8) is 0 Å². The van der Waals surface area contributed by atoms with E-state index in [1.54, 1.807) is 0 Å². The van der Waals surface area contributed by atoms with Crippen LogP contribution in [-0.2, 0) is 6.54 Å². The largest absolute Gasteiger partial charge is 0.348 e. The average molecular weight is 247 g/mol. The Kier molecular flexibility index (Phi) is 3.67. The molecular weight excluding hydrogens is 236 g/mol. The minimum Gasteiger partial charge on any atom is -0.348 e. The van der Waals surface area contributed by atoms with Crippen LogP contribution in [0.2, 0.25) is 0 Å². The van der Waals surface area contributed by atoms with Crippen LogP contribution in [0.3, 0.4) is 0 Å². The van der Waals surface area contributed by atoms with Crippen molar-refractivity contribution in [2.24, 2.45) is 0 Å². The Morgan fingerprint density at radius 1 is 1.06 bits per heavy atom. The predicted octanol–water partition coefficient (Wildman–Crippen LogP) is 2.89. The van der Waals surface area contributed by atoms with Crippen molar-refractivity contribution in [1.29, 1.82) is 0 Å². The third-order valence-electron chi connectivity index (χ3n) is 2.47. The first-order chi connectivity index (χ1) is 8.66. The standard InChI is InChI=1S/C14H11F2NO/c15-11-6-7-12(13(16)8-11)14(18)17-9-10-4-2-1-3-5-10/h1-8H,9H2,(H,17,18). The van der Waals surface area contributed by atoms with E-state index in [1.807, 2.05) is 30.3 Å². The Morgan fingerprint density at radius 2 is 1.78 bits per heavy atom. The number of benzene rings is 2. The van der Waals surface area contributed by atoms with Gasteiger partial charge in [0.15, 0.2) is 0 Å². The van der Waals surface area contributed by atoms with Gasteiger partial charge in [0.25, 0.3) is 5.91 Å². The topological polar surface area (TPSA) is 29.1 Å². The molecule has 1 N–H and O–H groups in total. The summed E-state index contributed by atoms with van der Waals surface area (Å²) in [5, 5.41) is 2.57. The first-order valence-corrected chi connectivity index (χ1v) is 5.44. The molecule has 0 bridgehead atoms. The van der Waals surface area contributed by atoms with Crippen LogP contribution in [0.25, 0.3) is 0 Å². The highest BCUT2D eigenvalue weighted by atomic mass is 19.1. The first-order valence-electron chi connectivity index (χ1n) is 5.44. The van der Waals surface area contributed by atoms with Gasteiger partial charge in [0.1, 0.15) is 11.6 Å². The molecule has 0 saturated carbocycles. The van der Waals surface area contributed by atoms with E-state index in [4.69, 9.17) is 0 Å². The van der Waals surface area contributed by atoms with Gasteiger partial charge in [0, 0.05) is 12.6 Å². The maximum atomic E-state index is 13.3. The van der Waals surface area contributed by atoms with Crippen molar-refractivity contribution in [3.05, 3.63) is 71.3 Å². The Labute approximate surface area is 103 Å². The third kappa shape index (κ3) is 2.91. The normalized spacial score (nSPS) is 10.1. The molecule has 92 valence electrons. The van der Waals surface area contributed by atoms with Crippen LogP contribution in [0.15, 0.2) is 48.5 Å². The van der Waals surface area contributed by atoms with Gasteiger partial charge in [0.2, 0.25) is 0 Å². The molecule has 1 amide bonds. The van der Waals surface area contributed by atoms with Gasteiger partial charge in [0.05, 0.1) is 5.56 Å². The number of nitrogens with one attached hydrogen (secondary N) is 1. The molecule has 18 heavy (non-hydrogen) atoms. The summed E-state index contributed by atoms with van der Waals surface area (Å²) in [7, 11) is 0. The second-order valence-electron chi connectivity index (χ2n) is 3.79. The van der Waals surface area contributed by atoms with Gasteiger partial charge in [-0.15, -0.1) is 0 Å². The summed E-state index contributed by atoms with van der Waals surface area (Å²) in [5.41, 5.74) is 0.751. The van der Waals surface area contributed by atoms with Crippen LogP contribution in [0, 0.1) is 11.6 Å². The maximum Gasteiger partial charge on any atom is 0.254 e. The van der Waals surface area contributed by atoms with E-state index in [2.05, 4.69) is 5.32 Å². The second-order valence-corrected chi connectivity index (χ2v) is 3.79. The molecular formula is C14H11F2NO. The number of halogens is 2. The van der Waals surface area contributed by atoms with Crippen molar-refractivity contribution >= 4 is 5.91 Å².